The van der Waals surface area contributed by atoms with Crippen LogP contribution in [-0.4, -0.2) is 54.8 Å². The van der Waals surface area contributed by atoms with Crippen molar-refractivity contribution in [2.75, 3.05) is 33.4 Å². The number of hydrogen-bond acceptors (Lipinski definition) is 4. The highest BCUT2D eigenvalue weighted by atomic mass is 32.2. The summed E-state index contributed by atoms with van der Waals surface area (Å²) in [7, 11) is 1.62. The molecule has 1 aliphatic rings. The van der Waals surface area contributed by atoms with Crippen LogP contribution in [0.15, 0.2) is 27.1 Å². The van der Waals surface area contributed by atoms with Gasteiger partial charge in [-0.3, -0.25) is 4.99 Å². The predicted molar refractivity (Wildman–Crippen MR) is 96.4 cm³/mol. The maximum atomic E-state index is 14.4. The van der Waals surface area contributed by atoms with Gasteiger partial charge in [-0.2, -0.15) is 0 Å². The Balaban J connectivity index is 2.02. The summed E-state index contributed by atoms with van der Waals surface area (Å²) in [6.07, 6.45) is 1.39. The molecule has 1 saturated heterocycles. The molecule has 1 fully saturated rings. The molecule has 0 spiro atoms. The lowest BCUT2D eigenvalue weighted by Crippen LogP contribution is -2.30. The number of aliphatic imine (C=N–C) groups is 2. The first kappa shape index (κ1) is 16.9. The molecule has 2 aromatic rings. The number of amidine groups is 1. The van der Waals surface area contributed by atoms with E-state index in [4.69, 9.17) is 10.5 Å². The summed E-state index contributed by atoms with van der Waals surface area (Å²) in [6, 6.07) is 3.40. The first-order valence-electron chi connectivity index (χ1n) is 7.67. The van der Waals surface area contributed by atoms with Gasteiger partial charge in [0.05, 0.1) is 23.8 Å². The Labute approximate surface area is 144 Å². The summed E-state index contributed by atoms with van der Waals surface area (Å²) in [5, 5.41) is 1.60. The average molecular weight is 349 g/mol. The normalized spacial score (nSPS) is 17.2. The van der Waals surface area contributed by atoms with Gasteiger partial charge < -0.3 is 15.5 Å². The highest BCUT2D eigenvalue weighted by Crippen LogP contribution is 2.31. The van der Waals surface area contributed by atoms with Gasteiger partial charge in [-0.15, -0.1) is 0 Å². The lowest BCUT2D eigenvalue weighted by Gasteiger charge is -2.24. The highest BCUT2D eigenvalue weighted by Gasteiger charge is 2.18. The Bertz CT molecular complexity index is 795. The molecular weight excluding hydrogens is 329 g/mol. The third-order valence-electron chi connectivity index (χ3n) is 3.80. The number of benzene rings is 1. The number of fused-ring (bicyclic) bond motifs is 1. The van der Waals surface area contributed by atoms with E-state index in [-0.39, 0.29) is 5.82 Å². The van der Waals surface area contributed by atoms with E-state index in [0.717, 1.165) is 34.6 Å². The Hall–Kier alpha value is -1.90. The first-order valence-corrected chi connectivity index (χ1v) is 8.44. The molecule has 2 heterocycles. The Morgan fingerprint density at radius 3 is 2.88 bits per heavy atom. The zero-order chi connectivity index (χ0) is 17.1. The Morgan fingerprint density at radius 1 is 1.42 bits per heavy atom. The van der Waals surface area contributed by atoms with Gasteiger partial charge in [0.1, 0.15) is 18.0 Å². The van der Waals surface area contributed by atoms with Gasteiger partial charge in [0.2, 0.25) is 0 Å². The van der Waals surface area contributed by atoms with Gasteiger partial charge >= 0.3 is 0 Å². The number of H-pyrrole nitrogens is 1. The second kappa shape index (κ2) is 7.33. The molecule has 1 aliphatic heterocycles. The summed E-state index contributed by atoms with van der Waals surface area (Å²) >= 11 is 1.57. The van der Waals surface area contributed by atoms with E-state index in [1.54, 1.807) is 19.0 Å². The monoisotopic (exact) mass is 349 g/mol. The summed E-state index contributed by atoms with van der Waals surface area (Å²) in [5.41, 5.74) is 8.00. The van der Waals surface area contributed by atoms with Crippen LogP contribution >= 0.6 is 11.9 Å². The zero-order valence-electron chi connectivity index (χ0n) is 13.7. The molecule has 0 bridgehead atoms. The number of halogens is 1. The van der Waals surface area contributed by atoms with Crippen LogP contribution in [-0.2, 0) is 4.74 Å². The number of hydrogen-bond donors (Lipinski definition) is 2. The SMILES string of the molecule is CN=CN=C(N)c1c(C)cc(F)c2[nH]c(SN3CCOCC3)cc12. The van der Waals surface area contributed by atoms with Crippen molar-refractivity contribution in [2.45, 2.75) is 11.9 Å². The fourth-order valence-electron chi connectivity index (χ4n) is 2.71. The number of aromatic amines is 1. The van der Waals surface area contributed by atoms with E-state index < -0.39 is 0 Å². The van der Waals surface area contributed by atoms with Crippen molar-refractivity contribution in [3.8, 4) is 0 Å². The molecule has 24 heavy (non-hydrogen) atoms. The van der Waals surface area contributed by atoms with Gasteiger partial charge in [-0.05, 0) is 36.6 Å². The van der Waals surface area contributed by atoms with Crippen molar-refractivity contribution in [3.05, 3.63) is 29.1 Å². The van der Waals surface area contributed by atoms with E-state index in [0.29, 0.717) is 24.6 Å². The van der Waals surface area contributed by atoms with Crippen LogP contribution in [0.2, 0.25) is 0 Å². The minimum atomic E-state index is -0.294. The van der Waals surface area contributed by atoms with Crippen LogP contribution in [0, 0.1) is 12.7 Å². The first-order chi connectivity index (χ1) is 11.6. The fraction of sp³-hybridized carbons (Fsp3) is 0.375. The van der Waals surface area contributed by atoms with Crippen molar-refractivity contribution in [1.82, 2.24) is 9.29 Å². The van der Waals surface area contributed by atoms with Gasteiger partial charge in [-0.1, -0.05) is 0 Å². The van der Waals surface area contributed by atoms with Crippen LogP contribution in [0.4, 0.5) is 4.39 Å². The van der Waals surface area contributed by atoms with E-state index in [1.807, 2.05) is 13.0 Å². The van der Waals surface area contributed by atoms with Crippen LogP contribution in [0.25, 0.3) is 10.9 Å². The van der Waals surface area contributed by atoms with Crippen LogP contribution in [0.3, 0.4) is 0 Å². The topological polar surface area (TPSA) is 79.0 Å². The molecule has 0 saturated carbocycles. The number of ether oxygens (including phenoxy) is 1. The predicted octanol–water partition coefficient (Wildman–Crippen LogP) is 2.32. The van der Waals surface area contributed by atoms with E-state index >= 15 is 0 Å². The maximum Gasteiger partial charge on any atom is 0.147 e. The van der Waals surface area contributed by atoms with Crippen molar-refractivity contribution >= 4 is 35.0 Å². The quantitative estimate of drug-likeness (QED) is 0.504. The standard InChI is InChI=1S/C16H20FN5OS/c1-10-7-12(17)15-11(14(10)16(18)20-9-19-2)8-13(21-15)24-22-3-5-23-6-4-22/h7-9,21H,3-6H2,1-2H3,(H2,18,19,20). The minimum Gasteiger partial charge on any atom is -0.383 e. The summed E-state index contributed by atoms with van der Waals surface area (Å²) in [4.78, 5) is 11.1. The van der Waals surface area contributed by atoms with Crippen molar-refractivity contribution in [1.29, 1.82) is 0 Å². The second-order valence-corrected chi connectivity index (χ2v) is 6.63. The van der Waals surface area contributed by atoms with E-state index in [2.05, 4.69) is 19.3 Å². The Morgan fingerprint density at radius 2 is 2.17 bits per heavy atom. The number of aromatic nitrogens is 1. The van der Waals surface area contributed by atoms with Crippen LogP contribution in [0.1, 0.15) is 11.1 Å². The lowest BCUT2D eigenvalue weighted by atomic mass is 10.0. The summed E-state index contributed by atoms with van der Waals surface area (Å²) in [5.74, 6) is 0.0297. The van der Waals surface area contributed by atoms with Crippen molar-refractivity contribution in [3.63, 3.8) is 0 Å². The van der Waals surface area contributed by atoms with Crippen molar-refractivity contribution < 1.29 is 9.13 Å². The van der Waals surface area contributed by atoms with Gasteiger partial charge in [0, 0.05) is 31.1 Å². The molecule has 0 amide bonds. The van der Waals surface area contributed by atoms with E-state index in [9.17, 15) is 4.39 Å². The number of nitrogens with two attached hydrogens (primary N) is 1. The third-order valence-corrected chi connectivity index (χ3v) is 4.84. The number of morpholine rings is 1. The van der Waals surface area contributed by atoms with Crippen molar-refractivity contribution in [2.24, 2.45) is 15.7 Å². The Kier molecular flexibility index (Phi) is 5.17. The molecular formula is C16H20FN5OS. The smallest absolute Gasteiger partial charge is 0.147 e. The van der Waals surface area contributed by atoms with Gasteiger partial charge in [0.25, 0.3) is 0 Å². The summed E-state index contributed by atoms with van der Waals surface area (Å²) in [6.45, 7) is 4.92. The van der Waals surface area contributed by atoms with Crippen LogP contribution < -0.4 is 5.73 Å². The minimum absolute atomic E-state index is 0.294. The molecule has 0 aliphatic carbocycles. The molecule has 3 N–H and O–H groups in total. The maximum absolute atomic E-state index is 14.4. The largest absolute Gasteiger partial charge is 0.383 e. The lowest BCUT2D eigenvalue weighted by molar-refractivity contribution is 0.0773. The van der Waals surface area contributed by atoms with E-state index in [1.165, 1.54) is 12.4 Å². The highest BCUT2D eigenvalue weighted by molar-refractivity contribution is 7.97. The summed E-state index contributed by atoms with van der Waals surface area (Å²) < 4.78 is 21.9. The molecule has 1 aromatic heterocycles. The molecule has 0 radical (unpaired) electrons. The number of aryl methyl sites for hydroxylation is 1. The average Bonchev–Trinajstić information content (AvgIpc) is 2.97. The molecule has 128 valence electrons. The number of nitrogens with zero attached hydrogens (tertiary/aromatic N) is 3. The molecule has 8 heteroatoms. The van der Waals surface area contributed by atoms with Gasteiger partial charge in [0.15, 0.2) is 0 Å². The number of rotatable bonds is 4. The van der Waals surface area contributed by atoms with Gasteiger partial charge in [-0.25, -0.2) is 13.7 Å². The molecule has 0 atom stereocenters. The van der Waals surface area contributed by atoms with Crippen LogP contribution in [0.5, 0.6) is 0 Å². The molecule has 6 nitrogen and oxygen atoms in total. The fourth-order valence-corrected chi connectivity index (χ4v) is 3.64. The molecule has 0 unspecified atom stereocenters. The third kappa shape index (κ3) is 3.45. The zero-order valence-corrected chi connectivity index (χ0v) is 14.5. The number of nitrogens with one attached hydrogen (secondary N) is 1. The second-order valence-electron chi connectivity index (χ2n) is 5.49. The molecule has 1 aromatic carbocycles. The molecule has 3 rings (SSSR count).